The Balaban J connectivity index is 1.17. The molecule has 57 heavy (non-hydrogen) atoms. The molecule has 1 spiro atoms. The number of ether oxygens (including phenoxy) is 3. The summed E-state index contributed by atoms with van der Waals surface area (Å²) in [6.45, 7) is 8.84. The second-order valence-electron chi connectivity index (χ2n) is 16.8. The summed E-state index contributed by atoms with van der Waals surface area (Å²) in [5, 5.41) is 9.45. The summed E-state index contributed by atoms with van der Waals surface area (Å²) >= 11 is 0. The van der Waals surface area contributed by atoms with E-state index >= 15 is 0 Å². The molecular formula is C42H49F4N7O4. The van der Waals surface area contributed by atoms with Crippen LogP contribution in [0.25, 0.3) is 32.9 Å². The average molecular weight is 792 g/mol. The number of H-pyrrole nitrogens is 1. The molecule has 2 aromatic heterocycles. The number of hydrogen-bond acceptors (Lipinski definition) is 9. The van der Waals surface area contributed by atoms with Crippen LogP contribution in [0.5, 0.6) is 11.8 Å². The Morgan fingerprint density at radius 2 is 1.72 bits per heavy atom. The summed E-state index contributed by atoms with van der Waals surface area (Å²) in [5.41, 5.74) is 5.21. The number of benzene rings is 2. The first-order valence-electron chi connectivity index (χ1n) is 20.2. The first-order chi connectivity index (χ1) is 27.4. The number of nitrogens with zero attached hydrogens (tertiary/aromatic N) is 6. The third kappa shape index (κ3) is 7.52. The molecule has 3 aliphatic heterocycles. The van der Waals surface area contributed by atoms with Gasteiger partial charge in [-0.05, 0) is 93.0 Å². The Bertz CT molecular complexity index is 2190. The lowest BCUT2D eigenvalue weighted by atomic mass is 9.72. The van der Waals surface area contributed by atoms with Crippen LogP contribution in [-0.2, 0) is 9.53 Å². The van der Waals surface area contributed by atoms with Crippen LogP contribution in [0.2, 0.25) is 0 Å². The smallest absolute Gasteiger partial charge is 0.422 e. The molecule has 2 saturated carbocycles. The maximum Gasteiger partial charge on any atom is 0.422 e. The minimum Gasteiger partial charge on any atom is -0.481 e. The standard InChI is InChI=1S/C42H49F4N7O4/c1-24-4-9-31-34(35(50-49-31)27-7-8-27)32(24)33-29(26-5-6-26)20-30-36(37(33)56-23-42(44,45)46)47-40(57-28-10-14-51(15-11-28)18-19-55-3)48-38(30)52-16-12-41(13-17-52)21-53(22-41)39(54)25(2)43/h4,9,20,26-28H,2,5-8,10-19,21-23H2,1,3H3,(H,49,50). The lowest BCUT2D eigenvalue weighted by Crippen LogP contribution is -2.62. The van der Waals surface area contributed by atoms with Gasteiger partial charge in [0.15, 0.2) is 18.2 Å². The number of nitrogens with one attached hydrogen (secondary N) is 1. The van der Waals surface area contributed by atoms with Gasteiger partial charge in [0.2, 0.25) is 0 Å². The highest BCUT2D eigenvalue weighted by Gasteiger charge is 2.48. The number of carbonyl (C=O) groups is 1. The number of carbonyl (C=O) groups excluding carboxylic acids is 1. The third-order valence-electron chi connectivity index (χ3n) is 12.6. The molecule has 3 saturated heterocycles. The van der Waals surface area contributed by atoms with Crippen molar-refractivity contribution >= 4 is 33.5 Å². The molecule has 5 heterocycles. The predicted molar refractivity (Wildman–Crippen MR) is 208 cm³/mol. The van der Waals surface area contributed by atoms with E-state index in [1.807, 2.05) is 19.1 Å². The number of aryl methyl sites for hydroxylation is 1. The van der Waals surface area contributed by atoms with E-state index in [2.05, 4.69) is 32.6 Å². The van der Waals surface area contributed by atoms with E-state index in [1.54, 1.807) is 7.11 Å². The Kier molecular flexibility index (Phi) is 9.82. The van der Waals surface area contributed by atoms with E-state index in [0.717, 1.165) is 104 Å². The Labute approximate surface area is 328 Å². The number of fused-ring (bicyclic) bond motifs is 2. The van der Waals surface area contributed by atoms with E-state index in [9.17, 15) is 22.4 Å². The first kappa shape index (κ1) is 38.0. The molecule has 5 aliphatic rings. The fourth-order valence-corrected chi connectivity index (χ4v) is 9.22. The van der Waals surface area contributed by atoms with Crippen LogP contribution < -0.4 is 14.4 Å². The molecule has 2 aliphatic carbocycles. The quantitative estimate of drug-likeness (QED) is 0.115. The highest BCUT2D eigenvalue weighted by atomic mass is 19.4. The Morgan fingerprint density at radius 1 is 1.00 bits per heavy atom. The zero-order valence-corrected chi connectivity index (χ0v) is 32.5. The predicted octanol–water partition coefficient (Wildman–Crippen LogP) is 7.58. The molecule has 0 unspecified atom stereocenters. The minimum absolute atomic E-state index is 0.0845. The van der Waals surface area contributed by atoms with Crippen molar-refractivity contribution in [1.82, 2.24) is 30.0 Å². The average Bonchev–Trinajstić information content (AvgIpc) is 4.13. The van der Waals surface area contributed by atoms with Gasteiger partial charge in [0.05, 0.1) is 12.1 Å². The number of likely N-dealkylation sites (tertiary alicyclic amines) is 2. The SMILES string of the molecule is C=C(F)C(=O)N1CC2(CCN(c3nc(OC4CCN(CCOC)CC4)nc4c(OCC(F)(F)F)c(-c5c(C)ccc6n[nH]c(C7CC7)c56)c(C5CC5)cc34)CC2)C1. The van der Waals surface area contributed by atoms with Crippen LogP contribution in [-0.4, -0.2) is 114 Å². The number of aromatic amines is 1. The van der Waals surface area contributed by atoms with Crippen molar-refractivity contribution in [3.05, 3.63) is 47.4 Å². The van der Waals surface area contributed by atoms with Gasteiger partial charge < -0.3 is 28.9 Å². The van der Waals surface area contributed by atoms with Gasteiger partial charge in [-0.15, -0.1) is 0 Å². The molecule has 1 N–H and O–H groups in total. The fraction of sp³-hybridized carbons (Fsp3) is 0.571. The van der Waals surface area contributed by atoms with Crippen molar-refractivity contribution in [2.45, 2.75) is 82.4 Å². The van der Waals surface area contributed by atoms with Gasteiger partial charge in [0.1, 0.15) is 17.4 Å². The molecule has 15 heteroatoms. The van der Waals surface area contributed by atoms with Crippen molar-refractivity contribution in [3.63, 3.8) is 0 Å². The molecule has 9 rings (SSSR count). The number of piperidine rings is 2. The molecular weight excluding hydrogens is 742 g/mol. The van der Waals surface area contributed by atoms with E-state index in [0.29, 0.717) is 55.5 Å². The Morgan fingerprint density at radius 3 is 2.37 bits per heavy atom. The third-order valence-corrected chi connectivity index (χ3v) is 12.6. The van der Waals surface area contributed by atoms with Gasteiger partial charge in [-0.1, -0.05) is 12.6 Å². The zero-order valence-electron chi connectivity index (χ0n) is 32.5. The molecule has 0 radical (unpaired) electrons. The lowest BCUT2D eigenvalue weighted by Gasteiger charge is -2.54. The van der Waals surface area contributed by atoms with Crippen LogP contribution in [0, 0.1) is 12.3 Å². The number of alkyl halides is 3. The largest absolute Gasteiger partial charge is 0.481 e. The second-order valence-corrected chi connectivity index (χ2v) is 16.8. The highest BCUT2D eigenvalue weighted by Crippen LogP contribution is 2.55. The van der Waals surface area contributed by atoms with Crippen LogP contribution in [0.3, 0.4) is 0 Å². The number of amides is 1. The van der Waals surface area contributed by atoms with Gasteiger partial charge in [-0.25, -0.2) is 4.39 Å². The summed E-state index contributed by atoms with van der Waals surface area (Å²) in [6, 6.07) is 6.14. The first-order valence-corrected chi connectivity index (χ1v) is 20.2. The number of rotatable bonds is 12. The molecule has 0 bridgehead atoms. The summed E-state index contributed by atoms with van der Waals surface area (Å²) in [5.74, 6) is -0.509. The normalized spacial score (nSPS) is 20.4. The van der Waals surface area contributed by atoms with Crippen LogP contribution in [0.4, 0.5) is 23.4 Å². The molecule has 11 nitrogen and oxygen atoms in total. The number of aromatic nitrogens is 4. The van der Waals surface area contributed by atoms with Gasteiger partial charge in [-0.3, -0.25) is 9.89 Å². The summed E-state index contributed by atoms with van der Waals surface area (Å²) in [7, 11) is 1.69. The van der Waals surface area contributed by atoms with Gasteiger partial charge in [-0.2, -0.15) is 28.2 Å². The fourth-order valence-electron chi connectivity index (χ4n) is 9.22. The number of hydrogen-bond donors (Lipinski definition) is 1. The van der Waals surface area contributed by atoms with Gasteiger partial charge >= 0.3 is 12.2 Å². The van der Waals surface area contributed by atoms with E-state index in [4.69, 9.17) is 24.2 Å². The maximum atomic E-state index is 14.2. The molecule has 1 amide bonds. The number of halogens is 4. The molecule has 5 fully saturated rings. The van der Waals surface area contributed by atoms with Crippen molar-refractivity contribution < 1.29 is 36.6 Å². The Hall–Kier alpha value is -4.50. The van der Waals surface area contributed by atoms with Gasteiger partial charge in [0.25, 0.3) is 5.91 Å². The van der Waals surface area contributed by atoms with Crippen LogP contribution >= 0.6 is 0 Å². The van der Waals surface area contributed by atoms with Crippen molar-refractivity contribution in [3.8, 4) is 22.9 Å². The monoisotopic (exact) mass is 791 g/mol. The summed E-state index contributed by atoms with van der Waals surface area (Å²) in [6.07, 6.45) is 2.00. The van der Waals surface area contributed by atoms with Crippen molar-refractivity contribution in [2.24, 2.45) is 5.41 Å². The van der Waals surface area contributed by atoms with Crippen LogP contribution in [0.1, 0.15) is 80.0 Å². The number of methoxy groups -OCH3 is 1. The summed E-state index contributed by atoms with van der Waals surface area (Å²) < 4.78 is 74.2. The lowest BCUT2D eigenvalue weighted by molar-refractivity contribution is -0.153. The molecule has 4 aromatic rings. The van der Waals surface area contributed by atoms with Crippen molar-refractivity contribution in [1.29, 1.82) is 0 Å². The molecule has 2 aromatic carbocycles. The molecule has 304 valence electrons. The van der Waals surface area contributed by atoms with E-state index in [-0.39, 0.29) is 34.7 Å². The topological polar surface area (TPSA) is 109 Å². The van der Waals surface area contributed by atoms with E-state index < -0.39 is 24.5 Å². The van der Waals surface area contributed by atoms with Crippen LogP contribution in [0.15, 0.2) is 30.6 Å². The van der Waals surface area contributed by atoms with Crippen molar-refractivity contribution in [2.75, 3.05) is 71.0 Å². The minimum atomic E-state index is -4.60. The van der Waals surface area contributed by atoms with Gasteiger partial charge in [0, 0.05) is 86.3 Å². The molecule has 0 atom stereocenters. The highest BCUT2D eigenvalue weighted by molar-refractivity contribution is 6.07. The van der Waals surface area contributed by atoms with E-state index in [1.165, 1.54) is 4.90 Å². The second kappa shape index (κ2) is 14.7. The summed E-state index contributed by atoms with van der Waals surface area (Å²) in [4.78, 5) is 28.3. The number of anilines is 1. The zero-order chi connectivity index (χ0) is 39.6. The maximum absolute atomic E-state index is 14.2.